The minimum absolute atomic E-state index is 0.0657. The molecule has 18 nitrogen and oxygen atoms in total. The van der Waals surface area contributed by atoms with E-state index in [0.717, 1.165) is 102 Å². The molecule has 2 unspecified atom stereocenters. The third kappa shape index (κ3) is 15.3. The zero-order valence-electron chi connectivity index (χ0n) is 49.9. The maximum absolute atomic E-state index is 12.6. The molecular formula is C68H61ClF4N14O4. The Hall–Kier alpha value is -10.6. The molecule has 2 N–H and O–H groups in total. The summed E-state index contributed by atoms with van der Waals surface area (Å²) in [5, 5.41) is 30.2. The van der Waals surface area contributed by atoms with Gasteiger partial charge in [0.15, 0.2) is 28.9 Å². The van der Waals surface area contributed by atoms with E-state index < -0.39 is 18.1 Å². The monoisotopic (exact) mass is 1250 g/mol. The second-order valence-corrected chi connectivity index (χ2v) is 21.9. The van der Waals surface area contributed by atoms with Gasteiger partial charge >= 0.3 is 0 Å². The lowest BCUT2D eigenvalue weighted by Crippen LogP contribution is -2.24. The van der Waals surface area contributed by atoms with E-state index >= 15 is 0 Å². The maximum Gasteiger partial charge on any atom is 0.266 e. The van der Waals surface area contributed by atoms with Crippen molar-refractivity contribution in [3.05, 3.63) is 240 Å². The van der Waals surface area contributed by atoms with Gasteiger partial charge in [0.1, 0.15) is 17.1 Å². The molecule has 8 aromatic heterocycles. The number of aliphatic hydroxyl groups is 1. The van der Waals surface area contributed by atoms with Gasteiger partial charge in [-0.2, -0.15) is 38.0 Å². The molecule has 2 aliphatic rings. The minimum Gasteiger partial charge on any atom is -0.391 e. The summed E-state index contributed by atoms with van der Waals surface area (Å²) in [6.07, 6.45) is 14.1. The predicted octanol–water partition coefficient (Wildman–Crippen LogP) is 12.9. The number of carbonyl (C=O) groups is 3. The Morgan fingerprint density at radius 2 is 0.901 bits per heavy atom. The number of amides is 2. The summed E-state index contributed by atoms with van der Waals surface area (Å²) in [6, 6.07) is 39.2. The first-order chi connectivity index (χ1) is 44.1. The minimum atomic E-state index is -1.74. The van der Waals surface area contributed by atoms with E-state index in [-0.39, 0.29) is 43.7 Å². The van der Waals surface area contributed by atoms with Crippen LogP contribution >= 0.6 is 11.6 Å². The Morgan fingerprint density at radius 1 is 0.527 bits per heavy atom. The number of aryl methyl sites for hydroxylation is 4. The largest absolute Gasteiger partial charge is 0.391 e. The third-order valence-electron chi connectivity index (χ3n) is 14.7. The number of alkyl halides is 1. The van der Waals surface area contributed by atoms with Crippen molar-refractivity contribution in [3.63, 3.8) is 0 Å². The molecular weight excluding hydrogens is 1190 g/mol. The summed E-state index contributed by atoms with van der Waals surface area (Å²) < 4.78 is 55.1. The van der Waals surface area contributed by atoms with Gasteiger partial charge in [0.05, 0.1) is 35.9 Å². The molecule has 2 atom stereocenters. The van der Waals surface area contributed by atoms with Crippen LogP contribution in [0.3, 0.4) is 0 Å². The van der Waals surface area contributed by atoms with Crippen LogP contribution in [-0.4, -0.2) is 99.6 Å². The van der Waals surface area contributed by atoms with Gasteiger partial charge in [-0.3, -0.25) is 14.4 Å². The molecule has 2 fully saturated rings. The highest BCUT2D eigenvalue weighted by Crippen LogP contribution is 2.32. The van der Waals surface area contributed by atoms with E-state index in [0.29, 0.717) is 47.2 Å². The molecule has 0 saturated carbocycles. The van der Waals surface area contributed by atoms with Crippen molar-refractivity contribution in [2.45, 2.75) is 59.6 Å². The molecule has 2 aliphatic heterocycles. The molecule has 23 heteroatoms. The summed E-state index contributed by atoms with van der Waals surface area (Å²) in [6.45, 7) is 8.68. The molecule has 91 heavy (non-hydrogen) atoms. The second-order valence-electron chi connectivity index (χ2n) is 21.6. The number of hydrogen-bond donors (Lipinski definition) is 2. The van der Waals surface area contributed by atoms with Gasteiger partial charge in [0.2, 0.25) is 11.8 Å². The second kappa shape index (κ2) is 29.2. The highest BCUT2D eigenvalue weighted by molar-refractivity contribution is 6.18. The van der Waals surface area contributed by atoms with Crippen LogP contribution in [0.4, 0.5) is 17.6 Å². The van der Waals surface area contributed by atoms with Crippen LogP contribution in [0.5, 0.6) is 0 Å². The highest BCUT2D eigenvalue weighted by Gasteiger charge is 2.31. The first-order valence-corrected chi connectivity index (χ1v) is 29.4. The highest BCUT2D eigenvalue weighted by atomic mass is 35.5. The number of rotatable bonds is 11. The Labute approximate surface area is 524 Å². The first-order valence-electron chi connectivity index (χ1n) is 28.9. The average molecular weight is 1250 g/mol. The summed E-state index contributed by atoms with van der Waals surface area (Å²) in [5.74, 6) is -0.647. The Morgan fingerprint density at radius 3 is 1.31 bits per heavy atom. The molecule has 0 spiro atoms. The Balaban J connectivity index is 0.000000129. The molecule has 0 aliphatic carbocycles. The number of carbonyl (C=O) groups excluding carboxylic acids is 3. The molecule has 0 radical (unpaired) electrons. The number of nitrogens with one attached hydrogen (secondary N) is 1. The van der Waals surface area contributed by atoms with Crippen LogP contribution in [0.15, 0.2) is 195 Å². The van der Waals surface area contributed by atoms with Crippen LogP contribution in [0, 0.1) is 39.5 Å². The molecule has 0 bridgehead atoms. The van der Waals surface area contributed by atoms with Crippen molar-refractivity contribution in [2.24, 2.45) is 11.8 Å². The Kier molecular flexibility index (Phi) is 20.3. The van der Waals surface area contributed by atoms with E-state index in [1.807, 2.05) is 180 Å². The number of fused-ring (bicyclic) bond motifs is 4. The van der Waals surface area contributed by atoms with E-state index in [1.54, 1.807) is 41.6 Å². The first kappa shape index (κ1) is 63.4. The van der Waals surface area contributed by atoms with Gasteiger partial charge in [-0.1, -0.05) is 121 Å². The van der Waals surface area contributed by atoms with Crippen molar-refractivity contribution >= 4 is 52.3 Å². The van der Waals surface area contributed by atoms with Gasteiger partial charge in [0.25, 0.3) is 12.2 Å². The number of halogens is 5. The lowest BCUT2D eigenvalue weighted by atomic mass is 10.1. The molecule has 12 aromatic rings. The van der Waals surface area contributed by atoms with Crippen LogP contribution < -0.4 is 5.32 Å². The molecule has 4 aromatic carbocycles. The normalized spacial score (nSPS) is 14.2. The number of nitrogens with zero attached hydrogens (tertiary/aromatic N) is 13. The summed E-state index contributed by atoms with van der Waals surface area (Å²) >= 11 is 6.05. The maximum atomic E-state index is 12.6. The van der Waals surface area contributed by atoms with E-state index in [2.05, 4.69) is 45.6 Å². The van der Waals surface area contributed by atoms with E-state index in [4.69, 9.17) is 11.6 Å². The fourth-order valence-corrected chi connectivity index (χ4v) is 10.7. The summed E-state index contributed by atoms with van der Waals surface area (Å²) in [7, 11) is 0. The van der Waals surface area contributed by atoms with Gasteiger partial charge < -0.3 is 15.3 Å². The smallest absolute Gasteiger partial charge is 0.266 e. The molecule has 2 saturated heterocycles. The van der Waals surface area contributed by atoms with E-state index in [1.165, 1.54) is 0 Å². The SMILES string of the molecule is Cc1cnc2c(C=O)c(-c3ccccc3)nn2c1.Cc1cnc2c(CCl)c(-c3ccccc3)nn2c1.Cc1cnc2c(CN3CC(C=C(F)F)CC3=O)c(-c3ccccc3)nn2c1.Cc1cnc2c(CO)c(-c3ccccc3)nn2c1.O=C1CC(C=C(F)F)CN1. The zero-order valence-corrected chi connectivity index (χ0v) is 50.6. The third-order valence-corrected chi connectivity index (χ3v) is 14.9. The van der Waals surface area contributed by atoms with Crippen molar-refractivity contribution in [3.8, 4) is 45.0 Å². The van der Waals surface area contributed by atoms with Crippen LogP contribution in [0.25, 0.3) is 67.6 Å². The molecule has 14 rings (SSSR count). The quantitative estimate of drug-likeness (QED) is 0.0704. The number of aromatic nitrogens is 12. The average Bonchev–Trinajstić information content (AvgIpc) is 1.73. The van der Waals surface area contributed by atoms with Gasteiger partial charge in [-0.05, 0) is 62.1 Å². The molecule has 10 heterocycles. The van der Waals surface area contributed by atoms with Gasteiger partial charge in [0, 0.05) is 121 Å². The number of hydrogen-bond acceptors (Lipinski definition) is 12. The fraction of sp³-hybridized carbons (Fsp3) is 0.191. The van der Waals surface area contributed by atoms with Crippen LogP contribution in [0.1, 0.15) is 62.1 Å². The number of aldehydes is 1. The summed E-state index contributed by atoms with van der Waals surface area (Å²) in [5.41, 5.74) is 17.0. The number of benzene rings is 4. The van der Waals surface area contributed by atoms with Crippen LogP contribution in [0.2, 0.25) is 0 Å². The van der Waals surface area contributed by atoms with Crippen molar-refractivity contribution in [1.29, 1.82) is 0 Å². The van der Waals surface area contributed by atoms with Crippen molar-refractivity contribution < 1.29 is 37.1 Å². The zero-order chi connectivity index (χ0) is 64.1. The lowest BCUT2D eigenvalue weighted by Gasteiger charge is -2.16. The number of aliphatic hydroxyl groups excluding tert-OH is 1. The van der Waals surface area contributed by atoms with Crippen LogP contribution in [-0.2, 0) is 28.6 Å². The van der Waals surface area contributed by atoms with Crippen molar-refractivity contribution in [1.82, 2.24) is 68.6 Å². The number of likely N-dealkylation sites (tertiary alicyclic amines) is 1. The fourth-order valence-electron chi connectivity index (χ4n) is 10.4. The summed E-state index contributed by atoms with van der Waals surface area (Å²) in [4.78, 5) is 53.2. The van der Waals surface area contributed by atoms with Gasteiger partial charge in [-0.25, -0.2) is 38.0 Å². The molecule has 462 valence electrons. The van der Waals surface area contributed by atoms with Crippen molar-refractivity contribution in [2.75, 3.05) is 13.1 Å². The Bertz CT molecular complexity index is 4470. The van der Waals surface area contributed by atoms with E-state index in [9.17, 15) is 37.1 Å². The standard InChI is InChI=1S/C20H18F2N4O.C14H12ClN3.C14H13N3O.C14H11N3O.C6H7F2NO/c1-13-9-23-20-16(12-25-11-14(7-17(21)22)8-18(25)27)19(24-26(20)10-13)15-5-3-2-4-6-15;1-10-8-16-14-12(7-15)13(17-18(14)9-10)11-5-3-2-4-6-11;2*1-10-7-15-14-12(9-18)13(16-17(14)8-10)11-5-3-2-4-6-11;7-5(8)1-4-2-6(10)9-3-4/h2-7,9-10,14H,8,11-12H2,1H3;2-6,8-9H,7H2,1H3;2-8,18H,9H2,1H3;2-9H,1H3;1,4H,2-3H2,(H,9,10). The molecule has 2 amide bonds. The lowest BCUT2D eigenvalue weighted by molar-refractivity contribution is -0.128. The van der Waals surface area contributed by atoms with Gasteiger partial charge in [-0.15, -0.1) is 11.6 Å². The predicted molar refractivity (Wildman–Crippen MR) is 339 cm³/mol. The topological polar surface area (TPSA) is 207 Å².